The lowest BCUT2D eigenvalue weighted by molar-refractivity contribution is -0.0441. The van der Waals surface area contributed by atoms with Crippen LogP contribution in [0.2, 0.25) is 0 Å². The van der Waals surface area contributed by atoms with Crippen molar-refractivity contribution in [1.29, 1.82) is 5.41 Å². The molecule has 1 aromatic carbocycles. The van der Waals surface area contributed by atoms with E-state index >= 15 is 0 Å². The molecule has 19 heavy (non-hydrogen) atoms. The third-order valence-electron chi connectivity index (χ3n) is 3.66. The summed E-state index contributed by atoms with van der Waals surface area (Å²) in [5.74, 6) is 0.244. The Bertz CT molecular complexity index is 407. The summed E-state index contributed by atoms with van der Waals surface area (Å²) in [7, 11) is 0. The van der Waals surface area contributed by atoms with Crippen LogP contribution >= 0.6 is 0 Å². The molecule has 1 saturated heterocycles. The van der Waals surface area contributed by atoms with Crippen LogP contribution in [0.15, 0.2) is 30.3 Å². The summed E-state index contributed by atoms with van der Waals surface area (Å²) in [6.07, 6.45) is 1.91. The molecule has 104 valence electrons. The van der Waals surface area contributed by atoms with Gasteiger partial charge in [0.1, 0.15) is 0 Å². The van der Waals surface area contributed by atoms with Crippen LogP contribution in [0.4, 0.5) is 0 Å². The zero-order valence-electron chi connectivity index (χ0n) is 11.5. The Labute approximate surface area is 115 Å². The smallest absolute Gasteiger partial charge is 0.0924 e. The van der Waals surface area contributed by atoms with Crippen molar-refractivity contribution in [3.63, 3.8) is 0 Å². The number of morpholine rings is 1. The second kappa shape index (κ2) is 6.68. The fraction of sp³-hybridized carbons (Fsp3) is 0.533. The average Bonchev–Trinajstić information content (AvgIpc) is 2.45. The van der Waals surface area contributed by atoms with E-state index in [-0.39, 0.29) is 11.9 Å². The molecule has 0 radical (unpaired) electrons. The molecule has 0 spiro atoms. The molecule has 1 heterocycles. The average molecular weight is 261 g/mol. The normalized spacial score (nSPS) is 22.1. The highest BCUT2D eigenvalue weighted by Gasteiger charge is 2.27. The minimum atomic E-state index is 0.191. The molecular weight excluding hydrogens is 238 g/mol. The second-order valence-electron chi connectivity index (χ2n) is 5.05. The summed E-state index contributed by atoms with van der Waals surface area (Å²) in [4.78, 5) is 2.40. The van der Waals surface area contributed by atoms with Crippen molar-refractivity contribution >= 4 is 5.84 Å². The Kier molecular flexibility index (Phi) is 4.93. The minimum Gasteiger partial charge on any atom is -0.388 e. The molecule has 0 aromatic heterocycles. The summed E-state index contributed by atoms with van der Waals surface area (Å²) < 4.78 is 5.72. The summed E-state index contributed by atoms with van der Waals surface area (Å²) in [6, 6.07) is 10.5. The van der Waals surface area contributed by atoms with Crippen molar-refractivity contribution < 1.29 is 4.74 Å². The van der Waals surface area contributed by atoms with E-state index in [2.05, 4.69) is 24.0 Å². The quantitative estimate of drug-likeness (QED) is 0.630. The first-order valence-electron chi connectivity index (χ1n) is 6.94. The molecule has 0 saturated carbocycles. The van der Waals surface area contributed by atoms with Crippen LogP contribution in [0.5, 0.6) is 0 Å². The molecule has 2 rings (SSSR count). The van der Waals surface area contributed by atoms with Gasteiger partial charge in [0.2, 0.25) is 0 Å². The van der Waals surface area contributed by atoms with Crippen LogP contribution in [-0.2, 0) is 4.74 Å². The van der Waals surface area contributed by atoms with Gasteiger partial charge in [-0.05, 0) is 12.0 Å². The van der Waals surface area contributed by atoms with Crippen LogP contribution in [0.25, 0.3) is 0 Å². The van der Waals surface area contributed by atoms with Crippen molar-refractivity contribution in [3.05, 3.63) is 35.9 Å². The lowest BCUT2D eigenvalue weighted by atomic mass is 10.00. The maximum Gasteiger partial charge on any atom is 0.0924 e. The molecule has 3 N–H and O–H groups in total. The fourth-order valence-corrected chi connectivity index (χ4v) is 2.61. The second-order valence-corrected chi connectivity index (χ2v) is 5.05. The third kappa shape index (κ3) is 3.78. The summed E-state index contributed by atoms with van der Waals surface area (Å²) in [6.45, 7) is 4.74. The molecule has 1 aliphatic rings. The van der Waals surface area contributed by atoms with Crippen LogP contribution in [0, 0.1) is 5.41 Å². The summed E-state index contributed by atoms with van der Waals surface area (Å²) in [5.41, 5.74) is 6.86. The lowest BCUT2D eigenvalue weighted by Crippen LogP contribution is -2.44. The molecule has 4 nitrogen and oxygen atoms in total. The molecule has 1 fully saturated rings. The Morgan fingerprint density at radius 1 is 1.47 bits per heavy atom. The Balaban J connectivity index is 2.15. The highest BCUT2D eigenvalue weighted by Crippen LogP contribution is 2.26. The molecule has 0 amide bonds. The monoisotopic (exact) mass is 261 g/mol. The molecule has 2 atom stereocenters. The molecule has 0 bridgehead atoms. The van der Waals surface area contributed by atoms with Gasteiger partial charge in [0.15, 0.2) is 0 Å². The summed E-state index contributed by atoms with van der Waals surface area (Å²) in [5, 5.41) is 7.61. The number of ether oxygens (including phenoxy) is 1. The summed E-state index contributed by atoms with van der Waals surface area (Å²) >= 11 is 0. The molecule has 4 heteroatoms. The van der Waals surface area contributed by atoms with Crippen molar-refractivity contribution in [2.75, 3.05) is 19.7 Å². The zero-order chi connectivity index (χ0) is 13.7. The molecule has 1 aliphatic heterocycles. The van der Waals surface area contributed by atoms with Gasteiger partial charge in [0.05, 0.1) is 18.5 Å². The number of hydrogen-bond acceptors (Lipinski definition) is 3. The van der Waals surface area contributed by atoms with E-state index in [0.717, 1.165) is 26.1 Å². The van der Waals surface area contributed by atoms with Gasteiger partial charge in [-0.2, -0.15) is 0 Å². The SMILES string of the molecule is CCC1CN(C(CC(=N)N)c2ccccc2)CCO1. The van der Waals surface area contributed by atoms with Crippen molar-refractivity contribution in [3.8, 4) is 0 Å². The van der Waals surface area contributed by atoms with Gasteiger partial charge in [-0.25, -0.2) is 0 Å². The van der Waals surface area contributed by atoms with E-state index in [1.807, 2.05) is 18.2 Å². The molecular formula is C15H23N3O. The fourth-order valence-electron chi connectivity index (χ4n) is 2.61. The van der Waals surface area contributed by atoms with Gasteiger partial charge in [0.25, 0.3) is 0 Å². The van der Waals surface area contributed by atoms with Crippen LogP contribution in [-0.4, -0.2) is 36.5 Å². The topological polar surface area (TPSA) is 62.3 Å². The zero-order valence-corrected chi connectivity index (χ0v) is 11.5. The molecule has 0 aliphatic carbocycles. The number of amidine groups is 1. The number of nitrogens with zero attached hydrogens (tertiary/aromatic N) is 1. The Morgan fingerprint density at radius 3 is 2.84 bits per heavy atom. The third-order valence-corrected chi connectivity index (χ3v) is 3.66. The predicted octanol–water partition coefficient (Wildman–Crippen LogP) is 2.16. The number of hydrogen-bond donors (Lipinski definition) is 2. The van der Waals surface area contributed by atoms with Crippen LogP contribution in [0.1, 0.15) is 31.4 Å². The highest BCUT2D eigenvalue weighted by atomic mass is 16.5. The largest absolute Gasteiger partial charge is 0.388 e. The predicted molar refractivity (Wildman–Crippen MR) is 77.3 cm³/mol. The van der Waals surface area contributed by atoms with Gasteiger partial charge >= 0.3 is 0 Å². The number of benzene rings is 1. The van der Waals surface area contributed by atoms with E-state index in [4.69, 9.17) is 15.9 Å². The van der Waals surface area contributed by atoms with Gasteiger partial charge in [-0.15, -0.1) is 0 Å². The molecule has 2 unspecified atom stereocenters. The van der Waals surface area contributed by atoms with E-state index in [0.29, 0.717) is 12.5 Å². The standard InChI is InChI=1S/C15H23N3O/c1-2-13-11-18(8-9-19-13)14(10-15(16)17)12-6-4-3-5-7-12/h3-7,13-14H,2,8-11H2,1H3,(H3,16,17). The first-order valence-corrected chi connectivity index (χ1v) is 6.94. The van der Waals surface area contributed by atoms with Crippen LogP contribution < -0.4 is 5.73 Å². The first-order chi connectivity index (χ1) is 9.20. The van der Waals surface area contributed by atoms with Crippen molar-refractivity contribution in [2.45, 2.75) is 31.9 Å². The number of nitrogens with one attached hydrogen (secondary N) is 1. The van der Waals surface area contributed by atoms with Gasteiger partial charge in [-0.1, -0.05) is 37.3 Å². The van der Waals surface area contributed by atoms with Crippen molar-refractivity contribution in [2.24, 2.45) is 5.73 Å². The number of nitrogens with two attached hydrogens (primary N) is 1. The van der Waals surface area contributed by atoms with E-state index in [1.54, 1.807) is 0 Å². The maximum absolute atomic E-state index is 7.61. The highest BCUT2D eigenvalue weighted by molar-refractivity contribution is 5.77. The van der Waals surface area contributed by atoms with Gasteiger partial charge in [0, 0.05) is 25.6 Å². The van der Waals surface area contributed by atoms with Gasteiger partial charge < -0.3 is 10.5 Å². The Hall–Kier alpha value is -1.39. The van der Waals surface area contributed by atoms with Gasteiger partial charge in [-0.3, -0.25) is 10.3 Å². The lowest BCUT2D eigenvalue weighted by Gasteiger charge is -2.38. The van der Waals surface area contributed by atoms with Crippen molar-refractivity contribution in [1.82, 2.24) is 4.90 Å². The Morgan fingerprint density at radius 2 is 2.21 bits per heavy atom. The van der Waals surface area contributed by atoms with Crippen LogP contribution in [0.3, 0.4) is 0 Å². The van der Waals surface area contributed by atoms with E-state index in [1.165, 1.54) is 5.56 Å². The van der Waals surface area contributed by atoms with E-state index in [9.17, 15) is 0 Å². The van der Waals surface area contributed by atoms with E-state index < -0.39 is 0 Å². The molecule has 1 aromatic rings. The maximum atomic E-state index is 7.61. The first kappa shape index (κ1) is 14.0. The minimum absolute atomic E-state index is 0.191. The number of rotatable bonds is 5.